The molecule has 1 aromatic carbocycles. The van der Waals surface area contributed by atoms with Crippen LogP contribution in [-0.2, 0) is 6.54 Å². The second-order valence-electron chi connectivity index (χ2n) is 4.74. The largest absolute Gasteiger partial charge is 0.323 e. The van der Waals surface area contributed by atoms with E-state index in [-0.39, 0.29) is 12.1 Å². The number of benzene rings is 1. The molecule has 2 amide bonds. The molecule has 1 atom stereocenters. The van der Waals surface area contributed by atoms with Crippen LogP contribution in [0.4, 0.5) is 10.5 Å². The topological polar surface area (TPSA) is 58.4 Å². The third-order valence-electron chi connectivity index (χ3n) is 3.39. The molecular weight excluding hydrogens is 258 g/mol. The second-order valence-corrected chi connectivity index (χ2v) is 5.52. The van der Waals surface area contributed by atoms with Crippen LogP contribution in [0.3, 0.4) is 0 Å². The lowest BCUT2D eigenvalue weighted by Gasteiger charge is -2.26. The summed E-state index contributed by atoms with van der Waals surface area (Å²) in [4.78, 5) is 13.2. The van der Waals surface area contributed by atoms with E-state index >= 15 is 0 Å². The van der Waals surface area contributed by atoms with E-state index < -0.39 is 0 Å². The number of fused-ring (bicyclic) bond motifs is 1. The van der Waals surface area contributed by atoms with E-state index in [1.807, 2.05) is 23.6 Å². The summed E-state index contributed by atoms with van der Waals surface area (Å²) in [5.74, 6) is 0. The highest BCUT2D eigenvalue weighted by Crippen LogP contribution is 2.28. The third-order valence-corrected chi connectivity index (χ3v) is 4.09. The van der Waals surface area contributed by atoms with Crippen LogP contribution < -0.4 is 11.1 Å². The van der Waals surface area contributed by atoms with E-state index in [0.717, 1.165) is 22.4 Å². The number of amides is 2. The van der Waals surface area contributed by atoms with Crippen LogP contribution in [-0.4, -0.2) is 18.0 Å². The standard InChI is InChI=1S/C14H15N3OS/c1-17-7-11-6-9(2-3-12(11)16-14(17)18)13(15)10-4-5-19-8-10/h2-6,8,13H,7,15H2,1H3,(H,16,18). The Morgan fingerprint density at radius 3 is 2.95 bits per heavy atom. The maximum atomic E-state index is 11.6. The number of hydrogen-bond acceptors (Lipinski definition) is 3. The van der Waals surface area contributed by atoms with Crippen molar-refractivity contribution >= 4 is 23.1 Å². The van der Waals surface area contributed by atoms with Crippen LogP contribution in [0, 0.1) is 0 Å². The Morgan fingerprint density at radius 1 is 1.37 bits per heavy atom. The molecule has 1 unspecified atom stereocenters. The number of nitrogens with zero attached hydrogens (tertiary/aromatic N) is 1. The number of nitrogens with one attached hydrogen (secondary N) is 1. The highest BCUT2D eigenvalue weighted by molar-refractivity contribution is 7.08. The van der Waals surface area contributed by atoms with Crippen LogP contribution >= 0.6 is 11.3 Å². The Morgan fingerprint density at radius 2 is 2.21 bits per heavy atom. The summed E-state index contributed by atoms with van der Waals surface area (Å²) in [7, 11) is 1.78. The van der Waals surface area contributed by atoms with Crippen LogP contribution in [0.1, 0.15) is 22.7 Å². The van der Waals surface area contributed by atoms with Gasteiger partial charge in [0.25, 0.3) is 0 Å². The first-order chi connectivity index (χ1) is 9.15. The Labute approximate surface area is 115 Å². The third kappa shape index (κ3) is 2.22. The number of urea groups is 1. The van der Waals surface area contributed by atoms with Crippen molar-refractivity contribution in [1.82, 2.24) is 4.90 Å². The fraction of sp³-hybridized carbons (Fsp3) is 0.214. The first kappa shape index (κ1) is 12.2. The van der Waals surface area contributed by atoms with Gasteiger partial charge in [0, 0.05) is 19.3 Å². The lowest BCUT2D eigenvalue weighted by atomic mass is 9.98. The summed E-state index contributed by atoms with van der Waals surface area (Å²) in [5.41, 5.74) is 10.4. The number of carbonyl (C=O) groups is 1. The molecule has 0 aliphatic carbocycles. The molecule has 5 heteroatoms. The van der Waals surface area contributed by atoms with Crippen molar-refractivity contribution < 1.29 is 4.79 Å². The minimum absolute atomic E-state index is 0.0672. The van der Waals surface area contributed by atoms with Gasteiger partial charge in [-0.2, -0.15) is 11.3 Å². The van der Waals surface area contributed by atoms with Crippen molar-refractivity contribution in [3.05, 3.63) is 51.7 Å². The molecule has 0 radical (unpaired) electrons. The quantitative estimate of drug-likeness (QED) is 0.884. The van der Waals surface area contributed by atoms with Crippen LogP contribution in [0.15, 0.2) is 35.0 Å². The molecule has 2 heterocycles. The minimum Gasteiger partial charge on any atom is -0.323 e. The molecular formula is C14H15N3OS. The van der Waals surface area contributed by atoms with Crippen LogP contribution in [0.25, 0.3) is 0 Å². The minimum atomic E-state index is -0.112. The Kier molecular flexibility index (Phi) is 3.00. The molecule has 0 bridgehead atoms. The Bertz CT molecular complexity index is 609. The number of nitrogens with two attached hydrogens (primary N) is 1. The van der Waals surface area contributed by atoms with E-state index in [4.69, 9.17) is 5.73 Å². The summed E-state index contributed by atoms with van der Waals surface area (Å²) in [6.45, 7) is 0.616. The molecule has 0 saturated carbocycles. The molecule has 1 aliphatic heterocycles. The van der Waals surface area contributed by atoms with Crippen LogP contribution in [0.5, 0.6) is 0 Å². The predicted octanol–water partition coefficient (Wildman–Crippen LogP) is 2.77. The van der Waals surface area contributed by atoms with Crippen molar-refractivity contribution in [2.45, 2.75) is 12.6 Å². The molecule has 3 N–H and O–H groups in total. The molecule has 1 aliphatic rings. The number of anilines is 1. The van der Waals surface area contributed by atoms with E-state index in [9.17, 15) is 4.79 Å². The van der Waals surface area contributed by atoms with Gasteiger partial charge in [-0.05, 0) is 39.6 Å². The normalized spacial score (nSPS) is 15.9. The van der Waals surface area contributed by atoms with Crippen molar-refractivity contribution in [1.29, 1.82) is 0 Å². The molecule has 98 valence electrons. The van der Waals surface area contributed by atoms with E-state index in [1.165, 1.54) is 0 Å². The SMILES string of the molecule is CN1Cc2cc(C(N)c3ccsc3)ccc2NC1=O. The first-order valence-electron chi connectivity index (χ1n) is 6.08. The van der Waals surface area contributed by atoms with Gasteiger partial charge in [-0.15, -0.1) is 0 Å². The van der Waals surface area contributed by atoms with Gasteiger partial charge in [-0.1, -0.05) is 12.1 Å². The fourth-order valence-electron chi connectivity index (χ4n) is 2.24. The molecule has 1 aromatic heterocycles. The predicted molar refractivity (Wildman–Crippen MR) is 77.3 cm³/mol. The van der Waals surface area contributed by atoms with Gasteiger partial charge in [0.2, 0.25) is 0 Å². The van der Waals surface area contributed by atoms with Gasteiger partial charge in [0.05, 0.1) is 6.04 Å². The van der Waals surface area contributed by atoms with Crippen molar-refractivity contribution in [3.8, 4) is 0 Å². The van der Waals surface area contributed by atoms with Gasteiger partial charge in [0.15, 0.2) is 0 Å². The molecule has 19 heavy (non-hydrogen) atoms. The molecule has 0 fully saturated rings. The maximum absolute atomic E-state index is 11.6. The summed E-state index contributed by atoms with van der Waals surface area (Å²) in [6.07, 6.45) is 0. The van der Waals surface area contributed by atoms with E-state index in [0.29, 0.717) is 6.54 Å². The molecule has 0 spiro atoms. The zero-order chi connectivity index (χ0) is 13.4. The summed E-state index contributed by atoms with van der Waals surface area (Å²) in [6, 6.07) is 7.85. The zero-order valence-electron chi connectivity index (χ0n) is 10.6. The van der Waals surface area contributed by atoms with Crippen molar-refractivity contribution in [2.75, 3.05) is 12.4 Å². The van der Waals surface area contributed by atoms with E-state index in [1.54, 1.807) is 23.3 Å². The monoisotopic (exact) mass is 273 g/mol. The Hall–Kier alpha value is -1.85. The van der Waals surface area contributed by atoms with Crippen molar-refractivity contribution in [3.63, 3.8) is 0 Å². The second kappa shape index (κ2) is 4.68. The average Bonchev–Trinajstić information content (AvgIpc) is 2.93. The maximum Gasteiger partial charge on any atom is 0.321 e. The first-order valence-corrected chi connectivity index (χ1v) is 7.02. The van der Waals surface area contributed by atoms with E-state index in [2.05, 4.69) is 16.8 Å². The number of thiophene rings is 1. The number of hydrogen-bond donors (Lipinski definition) is 2. The lowest BCUT2D eigenvalue weighted by Crippen LogP contribution is -2.35. The zero-order valence-corrected chi connectivity index (χ0v) is 11.4. The number of carbonyl (C=O) groups excluding carboxylic acids is 1. The molecule has 4 nitrogen and oxygen atoms in total. The van der Waals surface area contributed by atoms with Gasteiger partial charge in [-0.25, -0.2) is 4.79 Å². The van der Waals surface area contributed by atoms with Gasteiger partial charge >= 0.3 is 6.03 Å². The summed E-state index contributed by atoms with van der Waals surface area (Å²) in [5, 5.41) is 6.96. The fourth-order valence-corrected chi connectivity index (χ4v) is 2.94. The highest BCUT2D eigenvalue weighted by atomic mass is 32.1. The van der Waals surface area contributed by atoms with Gasteiger partial charge < -0.3 is 16.0 Å². The smallest absolute Gasteiger partial charge is 0.321 e. The number of rotatable bonds is 2. The highest BCUT2D eigenvalue weighted by Gasteiger charge is 2.20. The lowest BCUT2D eigenvalue weighted by molar-refractivity contribution is 0.218. The Balaban J connectivity index is 1.93. The van der Waals surface area contributed by atoms with Gasteiger partial charge in [-0.3, -0.25) is 0 Å². The molecule has 0 saturated heterocycles. The average molecular weight is 273 g/mol. The molecule has 2 aromatic rings. The van der Waals surface area contributed by atoms with Crippen molar-refractivity contribution in [2.24, 2.45) is 5.73 Å². The van der Waals surface area contributed by atoms with Gasteiger partial charge in [0.1, 0.15) is 0 Å². The summed E-state index contributed by atoms with van der Waals surface area (Å²) < 4.78 is 0. The van der Waals surface area contributed by atoms with Crippen LogP contribution in [0.2, 0.25) is 0 Å². The molecule has 3 rings (SSSR count). The summed E-state index contributed by atoms with van der Waals surface area (Å²) >= 11 is 1.65.